The molecule has 156 valence electrons. The number of carbonyl (C=O) groups excluding carboxylic acids is 1. The first-order valence-electron chi connectivity index (χ1n) is 9.47. The van der Waals surface area contributed by atoms with Crippen LogP contribution in [0, 0.1) is 12.7 Å². The van der Waals surface area contributed by atoms with Gasteiger partial charge in [-0.05, 0) is 31.2 Å². The van der Waals surface area contributed by atoms with Crippen LogP contribution in [0.2, 0.25) is 0 Å². The number of nitrogens with two attached hydrogens (primary N) is 1. The molecule has 0 saturated heterocycles. The Kier molecular flexibility index (Phi) is 5.31. The van der Waals surface area contributed by atoms with Crippen molar-refractivity contribution in [3.63, 3.8) is 0 Å². The maximum Gasteiger partial charge on any atom is 0.323 e. The summed E-state index contributed by atoms with van der Waals surface area (Å²) in [5.74, 6) is -0.490. The lowest BCUT2D eigenvalue weighted by Gasteiger charge is -2.11. The summed E-state index contributed by atoms with van der Waals surface area (Å²) in [7, 11) is 1.73. The van der Waals surface area contributed by atoms with Crippen molar-refractivity contribution in [3.05, 3.63) is 72.3 Å². The van der Waals surface area contributed by atoms with Crippen molar-refractivity contribution in [1.82, 2.24) is 19.7 Å². The van der Waals surface area contributed by atoms with E-state index < -0.39 is 11.8 Å². The van der Waals surface area contributed by atoms with E-state index in [1.54, 1.807) is 48.3 Å². The number of hydrogen-bond acceptors (Lipinski definition) is 5. The smallest absolute Gasteiger partial charge is 0.323 e. The minimum Gasteiger partial charge on any atom is -0.368 e. The van der Waals surface area contributed by atoms with Gasteiger partial charge in [0.25, 0.3) is 0 Å². The molecular formula is C22H20FN7O. The van der Waals surface area contributed by atoms with E-state index in [9.17, 15) is 4.79 Å². The Morgan fingerprint density at radius 1 is 1.06 bits per heavy atom. The number of halogens is 1. The number of anilines is 3. The zero-order chi connectivity index (χ0) is 22.0. The molecule has 2 aromatic heterocycles. The van der Waals surface area contributed by atoms with Crippen molar-refractivity contribution < 1.29 is 9.18 Å². The van der Waals surface area contributed by atoms with Gasteiger partial charge in [0.15, 0.2) is 5.82 Å². The summed E-state index contributed by atoms with van der Waals surface area (Å²) in [5, 5.41) is 9.65. The van der Waals surface area contributed by atoms with Gasteiger partial charge in [-0.3, -0.25) is 4.68 Å². The van der Waals surface area contributed by atoms with Crippen molar-refractivity contribution in [2.45, 2.75) is 6.92 Å². The standard InChI is InChI=1S/C22H20FN7O/c1-13-6-8-14(9-7-13)26-22(31)28-17-5-3-4-15(19(17)23)16-12-30(2)29-20(16)18-10-11-25-21(24)27-18/h3-12H,1-2H3,(H2,24,25,27)(H2,26,28,31). The number of amides is 2. The highest BCUT2D eigenvalue weighted by Gasteiger charge is 2.19. The molecule has 0 unspecified atom stereocenters. The lowest BCUT2D eigenvalue weighted by atomic mass is 10.0. The van der Waals surface area contributed by atoms with E-state index in [4.69, 9.17) is 5.73 Å². The first-order chi connectivity index (χ1) is 14.9. The normalized spacial score (nSPS) is 10.7. The third-order valence-electron chi connectivity index (χ3n) is 4.59. The molecule has 0 spiro atoms. The Balaban J connectivity index is 1.64. The Morgan fingerprint density at radius 2 is 1.84 bits per heavy atom. The van der Waals surface area contributed by atoms with Gasteiger partial charge in [-0.25, -0.2) is 19.2 Å². The van der Waals surface area contributed by atoms with Crippen LogP contribution in [0.15, 0.2) is 60.9 Å². The van der Waals surface area contributed by atoms with Gasteiger partial charge in [-0.1, -0.05) is 29.8 Å². The van der Waals surface area contributed by atoms with E-state index in [0.29, 0.717) is 22.6 Å². The van der Waals surface area contributed by atoms with Crippen LogP contribution in [0.1, 0.15) is 5.56 Å². The van der Waals surface area contributed by atoms with E-state index in [-0.39, 0.29) is 17.2 Å². The van der Waals surface area contributed by atoms with Crippen molar-refractivity contribution >= 4 is 23.4 Å². The van der Waals surface area contributed by atoms with E-state index in [0.717, 1.165) is 5.56 Å². The molecule has 0 aliphatic carbocycles. The van der Waals surface area contributed by atoms with Gasteiger partial charge < -0.3 is 16.4 Å². The summed E-state index contributed by atoms with van der Waals surface area (Å²) < 4.78 is 16.9. The molecule has 0 aliphatic rings. The SMILES string of the molecule is Cc1ccc(NC(=O)Nc2cccc(-c3cn(C)nc3-c3ccnc(N)n3)c2F)cc1. The van der Waals surface area contributed by atoms with Crippen LogP contribution in [0.4, 0.5) is 26.5 Å². The van der Waals surface area contributed by atoms with Crippen LogP contribution >= 0.6 is 0 Å². The third kappa shape index (κ3) is 4.35. The topological polar surface area (TPSA) is 111 Å². The highest BCUT2D eigenvalue weighted by molar-refractivity contribution is 6.00. The van der Waals surface area contributed by atoms with Crippen LogP contribution < -0.4 is 16.4 Å². The molecule has 0 atom stereocenters. The van der Waals surface area contributed by atoms with Crippen molar-refractivity contribution in [1.29, 1.82) is 0 Å². The van der Waals surface area contributed by atoms with Crippen LogP contribution in [0.25, 0.3) is 22.5 Å². The third-order valence-corrected chi connectivity index (χ3v) is 4.59. The highest BCUT2D eigenvalue weighted by Crippen LogP contribution is 2.34. The Labute approximate surface area is 178 Å². The number of aryl methyl sites for hydroxylation is 2. The van der Waals surface area contributed by atoms with E-state index in [2.05, 4.69) is 25.7 Å². The Morgan fingerprint density at radius 3 is 2.58 bits per heavy atom. The molecule has 0 bridgehead atoms. The fourth-order valence-electron chi connectivity index (χ4n) is 3.14. The molecule has 0 aliphatic heterocycles. The zero-order valence-corrected chi connectivity index (χ0v) is 16.9. The van der Waals surface area contributed by atoms with Gasteiger partial charge in [-0.2, -0.15) is 5.10 Å². The van der Waals surface area contributed by atoms with E-state index in [1.165, 1.54) is 12.3 Å². The largest absolute Gasteiger partial charge is 0.368 e. The van der Waals surface area contributed by atoms with Gasteiger partial charge in [0, 0.05) is 36.3 Å². The molecule has 2 amide bonds. The molecule has 8 nitrogen and oxygen atoms in total. The fraction of sp³-hybridized carbons (Fsp3) is 0.0909. The number of urea groups is 1. The maximum absolute atomic E-state index is 15.4. The highest BCUT2D eigenvalue weighted by atomic mass is 19.1. The first-order valence-corrected chi connectivity index (χ1v) is 9.47. The second-order valence-corrected chi connectivity index (χ2v) is 6.98. The monoisotopic (exact) mass is 417 g/mol. The summed E-state index contributed by atoms with van der Waals surface area (Å²) >= 11 is 0. The molecule has 4 rings (SSSR count). The number of nitrogen functional groups attached to an aromatic ring is 1. The molecule has 2 heterocycles. The first kappa shape index (κ1) is 20.0. The minimum absolute atomic E-state index is 0.0408. The van der Waals surface area contributed by atoms with E-state index >= 15 is 4.39 Å². The molecule has 0 fully saturated rings. The van der Waals surface area contributed by atoms with Crippen molar-refractivity contribution in [3.8, 4) is 22.5 Å². The maximum atomic E-state index is 15.4. The van der Waals surface area contributed by atoms with Crippen molar-refractivity contribution in [2.75, 3.05) is 16.4 Å². The number of nitrogens with one attached hydrogen (secondary N) is 2. The van der Waals surface area contributed by atoms with Gasteiger partial charge in [0.2, 0.25) is 5.95 Å². The molecular weight excluding hydrogens is 397 g/mol. The van der Waals surface area contributed by atoms with Crippen LogP contribution in [0.5, 0.6) is 0 Å². The predicted octanol–water partition coefficient (Wildman–Crippen LogP) is 4.22. The zero-order valence-electron chi connectivity index (χ0n) is 16.9. The lowest BCUT2D eigenvalue weighted by molar-refractivity contribution is 0.262. The lowest BCUT2D eigenvalue weighted by Crippen LogP contribution is -2.20. The molecule has 31 heavy (non-hydrogen) atoms. The van der Waals surface area contributed by atoms with E-state index in [1.807, 2.05) is 19.1 Å². The van der Waals surface area contributed by atoms with Gasteiger partial charge in [-0.15, -0.1) is 0 Å². The van der Waals surface area contributed by atoms with Crippen molar-refractivity contribution in [2.24, 2.45) is 7.05 Å². The summed E-state index contributed by atoms with van der Waals surface area (Å²) in [5.41, 5.74) is 9.12. The molecule has 4 aromatic rings. The predicted molar refractivity (Wildman–Crippen MR) is 118 cm³/mol. The number of rotatable bonds is 4. The molecule has 0 radical (unpaired) electrons. The second kappa shape index (κ2) is 8.23. The quantitative estimate of drug-likeness (QED) is 0.460. The molecule has 9 heteroatoms. The fourth-order valence-corrected chi connectivity index (χ4v) is 3.14. The summed E-state index contributed by atoms with van der Waals surface area (Å²) in [4.78, 5) is 20.4. The van der Waals surface area contributed by atoms with Crippen LogP contribution in [-0.2, 0) is 7.05 Å². The van der Waals surface area contributed by atoms with Gasteiger partial charge in [0.1, 0.15) is 5.69 Å². The summed E-state index contributed by atoms with van der Waals surface area (Å²) in [6, 6.07) is 13.2. The minimum atomic E-state index is -0.585. The Hall–Kier alpha value is -4.27. The van der Waals surface area contributed by atoms with Crippen LogP contribution in [-0.4, -0.2) is 25.8 Å². The van der Waals surface area contributed by atoms with Crippen LogP contribution in [0.3, 0.4) is 0 Å². The number of benzene rings is 2. The average molecular weight is 417 g/mol. The summed E-state index contributed by atoms with van der Waals surface area (Å²) in [6.45, 7) is 1.95. The number of aromatic nitrogens is 4. The Bertz CT molecular complexity index is 1250. The average Bonchev–Trinajstić information content (AvgIpc) is 3.13. The number of hydrogen-bond donors (Lipinski definition) is 3. The second-order valence-electron chi connectivity index (χ2n) is 6.98. The number of nitrogens with zero attached hydrogens (tertiary/aromatic N) is 4. The van der Waals surface area contributed by atoms with Gasteiger partial charge >= 0.3 is 6.03 Å². The van der Waals surface area contributed by atoms with Gasteiger partial charge in [0.05, 0.1) is 11.4 Å². The molecule has 2 aromatic carbocycles. The molecule has 4 N–H and O–H groups in total. The molecule has 0 saturated carbocycles. The number of carbonyl (C=O) groups is 1. The summed E-state index contributed by atoms with van der Waals surface area (Å²) in [6.07, 6.45) is 3.20.